The van der Waals surface area contributed by atoms with Gasteiger partial charge in [0, 0.05) is 10.9 Å². The number of aromatic nitrogens is 4. The molecule has 3 aromatic carbocycles. The minimum absolute atomic E-state index is 0.734. The summed E-state index contributed by atoms with van der Waals surface area (Å²) in [6, 6.07) is 22.5. The van der Waals surface area contributed by atoms with E-state index in [0.717, 1.165) is 39.8 Å². The normalized spacial score (nSPS) is 10.8. The molecule has 0 bridgehead atoms. The van der Waals surface area contributed by atoms with Crippen molar-refractivity contribution in [3.05, 3.63) is 84.9 Å². The number of nitrogens with zero attached hydrogens (tertiary/aromatic N) is 4. The Morgan fingerprint density at radius 1 is 0.917 bits per heavy atom. The maximum atomic E-state index is 4.28. The van der Waals surface area contributed by atoms with Crippen LogP contribution in [0.25, 0.3) is 27.8 Å². The van der Waals surface area contributed by atoms with Crippen LogP contribution in [0.2, 0.25) is 0 Å². The summed E-state index contributed by atoms with van der Waals surface area (Å²) in [7, 11) is 0. The number of benzene rings is 3. The Hall–Kier alpha value is -3.27. The van der Waals surface area contributed by atoms with Crippen LogP contribution in [0.15, 0.2) is 79.4 Å². The summed E-state index contributed by atoms with van der Waals surface area (Å²) in [4.78, 5) is 0. The Morgan fingerprint density at radius 2 is 1.71 bits per heavy atom. The van der Waals surface area contributed by atoms with Crippen molar-refractivity contribution in [3.63, 3.8) is 0 Å². The largest absolute Gasteiger partial charge is 0.192 e. The molecule has 0 aliphatic carbocycles. The number of hydrogen-bond donors (Lipinski definition) is 0. The van der Waals surface area contributed by atoms with Gasteiger partial charge in [-0.2, -0.15) is 4.68 Å². The zero-order valence-corrected chi connectivity index (χ0v) is 13.1. The maximum Gasteiger partial charge on any atom is 0.187 e. The van der Waals surface area contributed by atoms with Crippen LogP contribution in [0.1, 0.15) is 5.56 Å². The highest BCUT2D eigenvalue weighted by Crippen LogP contribution is 2.29. The molecule has 1 heterocycles. The van der Waals surface area contributed by atoms with Gasteiger partial charge in [-0.15, -0.1) is 11.7 Å². The quantitative estimate of drug-likeness (QED) is 0.530. The molecular formula is C20H16N4. The van der Waals surface area contributed by atoms with Crippen molar-refractivity contribution in [1.82, 2.24) is 20.2 Å². The lowest BCUT2D eigenvalue weighted by atomic mass is 10.0. The lowest BCUT2D eigenvalue weighted by Gasteiger charge is -2.13. The highest BCUT2D eigenvalue weighted by Gasteiger charge is 2.16. The topological polar surface area (TPSA) is 43.6 Å². The molecule has 0 aliphatic heterocycles. The minimum atomic E-state index is 0.734. The predicted molar refractivity (Wildman–Crippen MR) is 96.0 cm³/mol. The maximum absolute atomic E-state index is 4.28. The van der Waals surface area contributed by atoms with Crippen LogP contribution in [0.4, 0.5) is 0 Å². The van der Waals surface area contributed by atoms with E-state index in [-0.39, 0.29) is 0 Å². The van der Waals surface area contributed by atoms with Gasteiger partial charge >= 0.3 is 0 Å². The van der Waals surface area contributed by atoms with E-state index in [1.807, 2.05) is 53.2 Å². The molecule has 0 saturated heterocycles. The Bertz CT molecular complexity index is 1000. The smallest absolute Gasteiger partial charge is 0.187 e. The van der Waals surface area contributed by atoms with Gasteiger partial charge in [-0.3, -0.25) is 0 Å². The van der Waals surface area contributed by atoms with Gasteiger partial charge in [0.05, 0.1) is 5.69 Å². The molecule has 0 aliphatic rings. The van der Waals surface area contributed by atoms with E-state index >= 15 is 0 Å². The zero-order valence-electron chi connectivity index (χ0n) is 13.1. The lowest BCUT2D eigenvalue weighted by Crippen LogP contribution is -2.05. The fourth-order valence-corrected chi connectivity index (χ4v) is 2.98. The van der Waals surface area contributed by atoms with E-state index in [9.17, 15) is 0 Å². The molecule has 116 valence electrons. The van der Waals surface area contributed by atoms with Gasteiger partial charge < -0.3 is 0 Å². The summed E-state index contributed by atoms with van der Waals surface area (Å²) in [5.74, 6) is 0.734. The minimum Gasteiger partial charge on any atom is -0.192 e. The molecule has 4 aromatic rings. The third-order valence-corrected chi connectivity index (χ3v) is 4.06. The van der Waals surface area contributed by atoms with Crippen molar-refractivity contribution in [2.45, 2.75) is 6.42 Å². The van der Waals surface area contributed by atoms with Crippen LogP contribution < -0.4 is 0 Å². The molecule has 0 atom stereocenters. The SMILES string of the molecule is C=CCc1ccc2ccccc2c1-n1nnnc1-c1ccccc1. The highest BCUT2D eigenvalue weighted by atomic mass is 15.5. The molecule has 0 fully saturated rings. The fraction of sp³-hybridized carbons (Fsp3) is 0.0500. The van der Waals surface area contributed by atoms with Crippen molar-refractivity contribution in [2.24, 2.45) is 0 Å². The average Bonchev–Trinajstić information content (AvgIpc) is 3.12. The molecule has 4 nitrogen and oxygen atoms in total. The van der Waals surface area contributed by atoms with Crippen molar-refractivity contribution in [3.8, 4) is 17.1 Å². The summed E-state index contributed by atoms with van der Waals surface area (Å²) in [5.41, 5.74) is 3.14. The van der Waals surface area contributed by atoms with Gasteiger partial charge in [-0.05, 0) is 27.8 Å². The lowest BCUT2D eigenvalue weighted by molar-refractivity contribution is 0.789. The average molecular weight is 312 g/mol. The molecule has 4 heteroatoms. The molecule has 24 heavy (non-hydrogen) atoms. The molecule has 0 saturated carbocycles. The number of hydrogen-bond acceptors (Lipinski definition) is 3. The van der Waals surface area contributed by atoms with E-state index in [1.54, 1.807) is 0 Å². The van der Waals surface area contributed by atoms with Crippen LogP contribution in [-0.2, 0) is 6.42 Å². The van der Waals surface area contributed by atoms with Crippen molar-refractivity contribution in [1.29, 1.82) is 0 Å². The van der Waals surface area contributed by atoms with E-state index in [1.165, 1.54) is 0 Å². The molecular weight excluding hydrogens is 296 g/mol. The van der Waals surface area contributed by atoms with Gasteiger partial charge in [0.15, 0.2) is 5.82 Å². The van der Waals surface area contributed by atoms with Crippen molar-refractivity contribution >= 4 is 10.8 Å². The zero-order chi connectivity index (χ0) is 16.4. The van der Waals surface area contributed by atoms with Crippen LogP contribution >= 0.6 is 0 Å². The molecule has 0 radical (unpaired) electrons. The second-order valence-corrected chi connectivity index (χ2v) is 5.57. The van der Waals surface area contributed by atoms with E-state index in [4.69, 9.17) is 0 Å². The van der Waals surface area contributed by atoms with Crippen LogP contribution in [-0.4, -0.2) is 20.2 Å². The molecule has 0 unspecified atom stereocenters. The number of fused-ring (bicyclic) bond motifs is 1. The van der Waals surface area contributed by atoms with Gasteiger partial charge in [0.2, 0.25) is 0 Å². The molecule has 1 aromatic heterocycles. The highest BCUT2D eigenvalue weighted by molar-refractivity contribution is 5.92. The summed E-state index contributed by atoms with van der Waals surface area (Å²) in [5, 5.41) is 14.7. The fourth-order valence-electron chi connectivity index (χ4n) is 2.98. The third-order valence-electron chi connectivity index (χ3n) is 4.06. The second-order valence-electron chi connectivity index (χ2n) is 5.57. The van der Waals surface area contributed by atoms with Crippen LogP contribution in [0, 0.1) is 0 Å². The first-order valence-electron chi connectivity index (χ1n) is 7.84. The molecule has 4 rings (SSSR count). The predicted octanol–water partition coefficient (Wildman–Crippen LogP) is 4.21. The Balaban J connectivity index is 2.02. The van der Waals surface area contributed by atoms with Gasteiger partial charge in [0.1, 0.15) is 0 Å². The van der Waals surface area contributed by atoms with Crippen LogP contribution in [0.3, 0.4) is 0 Å². The van der Waals surface area contributed by atoms with Gasteiger partial charge in [-0.25, -0.2) is 0 Å². The van der Waals surface area contributed by atoms with E-state index < -0.39 is 0 Å². The van der Waals surface area contributed by atoms with E-state index in [2.05, 4.69) is 46.4 Å². The first kappa shape index (κ1) is 14.3. The van der Waals surface area contributed by atoms with Crippen molar-refractivity contribution < 1.29 is 0 Å². The van der Waals surface area contributed by atoms with Gasteiger partial charge in [0.25, 0.3) is 0 Å². The van der Waals surface area contributed by atoms with Gasteiger partial charge in [-0.1, -0.05) is 72.8 Å². The summed E-state index contributed by atoms with van der Waals surface area (Å²) in [6.45, 7) is 3.88. The standard InChI is InChI=1S/C20H16N4/c1-2-8-16-14-13-15-9-6-7-12-18(15)19(16)24-20(21-22-23-24)17-10-4-3-5-11-17/h2-7,9-14H,1,8H2. The summed E-state index contributed by atoms with van der Waals surface area (Å²) in [6.07, 6.45) is 2.66. The monoisotopic (exact) mass is 312 g/mol. The number of allylic oxidation sites excluding steroid dienone is 1. The van der Waals surface area contributed by atoms with Crippen LogP contribution in [0.5, 0.6) is 0 Å². The number of rotatable bonds is 4. The first-order chi connectivity index (χ1) is 11.9. The third kappa shape index (κ3) is 2.38. The summed E-state index contributed by atoms with van der Waals surface area (Å²) >= 11 is 0. The second kappa shape index (κ2) is 6.08. The molecule has 0 amide bonds. The summed E-state index contributed by atoms with van der Waals surface area (Å²) < 4.78 is 1.83. The molecule has 0 N–H and O–H groups in total. The Morgan fingerprint density at radius 3 is 2.54 bits per heavy atom. The van der Waals surface area contributed by atoms with E-state index in [0.29, 0.717) is 0 Å². The van der Waals surface area contributed by atoms with Crippen molar-refractivity contribution in [2.75, 3.05) is 0 Å². The Kier molecular flexibility index (Phi) is 3.63. The molecule has 0 spiro atoms. The Labute approximate surface area is 140 Å². The number of tetrazole rings is 1. The first-order valence-corrected chi connectivity index (χ1v) is 7.84.